The van der Waals surface area contributed by atoms with Crippen molar-refractivity contribution in [3.63, 3.8) is 0 Å². The zero-order chi connectivity index (χ0) is 13.1. The summed E-state index contributed by atoms with van der Waals surface area (Å²) in [7, 11) is 0. The average Bonchev–Trinajstić information content (AvgIpc) is 2.34. The van der Waals surface area contributed by atoms with Crippen molar-refractivity contribution in [2.45, 2.75) is 0 Å². The Morgan fingerprint density at radius 2 is 1.83 bits per heavy atom. The lowest BCUT2D eigenvalue weighted by molar-refractivity contribution is 0.0698. The maximum atomic E-state index is 11.1. The lowest BCUT2D eigenvalue weighted by atomic mass is 10.1. The normalized spacial score (nSPS) is 10.1. The fourth-order valence-corrected chi connectivity index (χ4v) is 1.83. The van der Waals surface area contributed by atoms with E-state index >= 15 is 0 Å². The van der Waals surface area contributed by atoms with E-state index in [9.17, 15) is 4.79 Å². The van der Waals surface area contributed by atoms with Crippen LogP contribution in [0.3, 0.4) is 0 Å². The minimum atomic E-state index is -1.01. The van der Waals surface area contributed by atoms with Crippen LogP contribution in [0.5, 0.6) is 0 Å². The Morgan fingerprint density at radius 1 is 1.17 bits per heavy atom. The molecule has 0 heterocycles. The van der Waals surface area contributed by atoms with Gasteiger partial charge in [0.1, 0.15) is 0 Å². The van der Waals surface area contributed by atoms with E-state index in [-0.39, 0.29) is 5.56 Å². The number of carboxylic acids is 1. The van der Waals surface area contributed by atoms with E-state index in [1.807, 2.05) is 24.3 Å². The maximum absolute atomic E-state index is 11.1. The fraction of sp³-hybridized carbons (Fsp3) is 0. The summed E-state index contributed by atoms with van der Waals surface area (Å²) in [6.45, 7) is 0. The number of aromatic carboxylic acids is 1. The van der Waals surface area contributed by atoms with Crippen LogP contribution in [0, 0.1) is 0 Å². The van der Waals surface area contributed by atoms with Gasteiger partial charge in [0.05, 0.1) is 16.9 Å². The van der Waals surface area contributed by atoms with E-state index in [0.29, 0.717) is 11.4 Å². The Balaban J connectivity index is 2.39. The van der Waals surface area contributed by atoms with Crippen LogP contribution in [0.15, 0.2) is 46.9 Å². The standard InChI is InChI=1S/C13H11BrN2O2/c14-8-4-6-9(7-5-8)16-12-10(13(17)18)2-1-3-11(12)15/h1-7,16H,15H2,(H,17,18). The molecule has 4 N–H and O–H groups in total. The fourth-order valence-electron chi connectivity index (χ4n) is 1.57. The molecule has 0 saturated heterocycles. The molecule has 0 atom stereocenters. The molecule has 92 valence electrons. The van der Waals surface area contributed by atoms with E-state index in [1.54, 1.807) is 12.1 Å². The van der Waals surface area contributed by atoms with Gasteiger partial charge in [-0.3, -0.25) is 0 Å². The predicted molar refractivity (Wildman–Crippen MR) is 75.2 cm³/mol. The smallest absolute Gasteiger partial charge is 0.337 e. The molecule has 0 aliphatic carbocycles. The van der Waals surface area contributed by atoms with Gasteiger partial charge in [0.2, 0.25) is 0 Å². The summed E-state index contributed by atoms with van der Waals surface area (Å²) < 4.78 is 0.951. The van der Waals surface area contributed by atoms with Crippen molar-refractivity contribution in [2.24, 2.45) is 0 Å². The van der Waals surface area contributed by atoms with E-state index in [4.69, 9.17) is 10.8 Å². The third kappa shape index (κ3) is 2.62. The number of rotatable bonds is 3. The Morgan fingerprint density at radius 3 is 2.44 bits per heavy atom. The Bertz CT molecular complexity index is 582. The molecule has 18 heavy (non-hydrogen) atoms. The van der Waals surface area contributed by atoms with Gasteiger partial charge in [0.25, 0.3) is 0 Å². The SMILES string of the molecule is Nc1cccc(C(=O)O)c1Nc1ccc(Br)cc1. The number of nitrogen functional groups attached to an aromatic ring is 1. The van der Waals surface area contributed by atoms with Gasteiger partial charge in [0, 0.05) is 10.2 Å². The molecule has 0 unspecified atom stereocenters. The van der Waals surface area contributed by atoms with E-state index in [2.05, 4.69) is 21.2 Å². The first kappa shape index (κ1) is 12.4. The summed E-state index contributed by atoms with van der Waals surface area (Å²) >= 11 is 3.34. The highest BCUT2D eigenvalue weighted by atomic mass is 79.9. The van der Waals surface area contributed by atoms with Gasteiger partial charge in [-0.2, -0.15) is 0 Å². The summed E-state index contributed by atoms with van der Waals surface area (Å²) in [6.07, 6.45) is 0. The third-order valence-corrected chi connectivity index (χ3v) is 2.97. The van der Waals surface area contributed by atoms with Crippen molar-refractivity contribution in [1.82, 2.24) is 0 Å². The number of carboxylic acid groups (broad SMARTS) is 1. The zero-order valence-electron chi connectivity index (χ0n) is 9.35. The molecule has 0 radical (unpaired) electrons. The quantitative estimate of drug-likeness (QED) is 0.759. The van der Waals surface area contributed by atoms with Crippen LogP contribution in [0.1, 0.15) is 10.4 Å². The Hall–Kier alpha value is -2.01. The van der Waals surface area contributed by atoms with Crippen molar-refractivity contribution >= 4 is 39.0 Å². The Kier molecular flexibility index (Phi) is 3.53. The number of para-hydroxylation sites is 1. The molecule has 0 saturated carbocycles. The predicted octanol–water partition coefficient (Wildman–Crippen LogP) is 3.47. The van der Waals surface area contributed by atoms with Crippen molar-refractivity contribution in [1.29, 1.82) is 0 Å². The summed E-state index contributed by atoms with van der Waals surface area (Å²) in [5.74, 6) is -1.01. The van der Waals surface area contributed by atoms with Crippen LogP contribution in [0.4, 0.5) is 17.1 Å². The minimum absolute atomic E-state index is 0.151. The third-order valence-electron chi connectivity index (χ3n) is 2.44. The summed E-state index contributed by atoms with van der Waals surface area (Å²) in [4.78, 5) is 11.1. The summed E-state index contributed by atoms with van der Waals surface area (Å²) in [5, 5.41) is 12.1. The lowest BCUT2D eigenvalue weighted by Gasteiger charge is -2.12. The van der Waals surface area contributed by atoms with Gasteiger partial charge in [-0.1, -0.05) is 22.0 Å². The first-order chi connectivity index (χ1) is 8.58. The monoisotopic (exact) mass is 306 g/mol. The number of nitrogens with two attached hydrogens (primary N) is 1. The van der Waals surface area contributed by atoms with Gasteiger partial charge in [-0.15, -0.1) is 0 Å². The van der Waals surface area contributed by atoms with Crippen LogP contribution in [-0.4, -0.2) is 11.1 Å². The van der Waals surface area contributed by atoms with Crippen molar-refractivity contribution in [2.75, 3.05) is 11.1 Å². The Labute approximate surface area is 113 Å². The van der Waals surface area contributed by atoms with Gasteiger partial charge in [-0.25, -0.2) is 4.79 Å². The van der Waals surface area contributed by atoms with Crippen molar-refractivity contribution in [3.05, 3.63) is 52.5 Å². The molecule has 0 aliphatic heterocycles. The van der Waals surface area contributed by atoms with Crippen LogP contribution in [0.25, 0.3) is 0 Å². The number of hydrogen-bond donors (Lipinski definition) is 3. The zero-order valence-corrected chi connectivity index (χ0v) is 10.9. The lowest BCUT2D eigenvalue weighted by Crippen LogP contribution is -2.05. The molecule has 2 aromatic rings. The number of hydrogen-bond acceptors (Lipinski definition) is 3. The van der Waals surface area contributed by atoms with E-state index in [0.717, 1.165) is 10.2 Å². The molecule has 0 amide bonds. The summed E-state index contributed by atoms with van der Waals surface area (Å²) in [6, 6.07) is 12.2. The highest BCUT2D eigenvalue weighted by Gasteiger charge is 2.12. The van der Waals surface area contributed by atoms with Gasteiger partial charge >= 0.3 is 5.97 Å². The number of nitrogens with one attached hydrogen (secondary N) is 1. The molecular weight excluding hydrogens is 296 g/mol. The van der Waals surface area contributed by atoms with Crippen LogP contribution < -0.4 is 11.1 Å². The second-order valence-electron chi connectivity index (χ2n) is 3.71. The molecule has 0 bridgehead atoms. The molecule has 4 nitrogen and oxygen atoms in total. The number of benzene rings is 2. The molecule has 0 fully saturated rings. The second-order valence-corrected chi connectivity index (χ2v) is 4.62. The molecule has 0 aliphatic rings. The van der Waals surface area contributed by atoms with Gasteiger partial charge in [-0.05, 0) is 36.4 Å². The van der Waals surface area contributed by atoms with Crippen LogP contribution in [-0.2, 0) is 0 Å². The van der Waals surface area contributed by atoms with Crippen molar-refractivity contribution in [3.8, 4) is 0 Å². The molecular formula is C13H11BrN2O2. The topological polar surface area (TPSA) is 75.4 Å². The molecule has 0 aromatic heterocycles. The molecule has 0 spiro atoms. The van der Waals surface area contributed by atoms with Crippen LogP contribution >= 0.6 is 15.9 Å². The van der Waals surface area contributed by atoms with Crippen LogP contribution in [0.2, 0.25) is 0 Å². The minimum Gasteiger partial charge on any atom is -0.478 e. The highest BCUT2D eigenvalue weighted by Crippen LogP contribution is 2.27. The van der Waals surface area contributed by atoms with Gasteiger partial charge < -0.3 is 16.2 Å². The highest BCUT2D eigenvalue weighted by molar-refractivity contribution is 9.10. The van der Waals surface area contributed by atoms with E-state index in [1.165, 1.54) is 6.07 Å². The molecule has 2 aromatic carbocycles. The van der Waals surface area contributed by atoms with Gasteiger partial charge in [0.15, 0.2) is 0 Å². The average molecular weight is 307 g/mol. The summed E-state index contributed by atoms with van der Waals surface area (Å²) in [5.41, 5.74) is 7.54. The largest absolute Gasteiger partial charge is 0.478 e. The number of anilines is 3. The second kappa shape index (κ2) is 5.10. The maximum Gasteiger partial charge on any atom is 0.337 e. The first-order valence-corrected chi connectivity index (χ1v) is 6.01. The first-order valence-electron chi connectivity index (χ1n) is 5.22. The van der Waals surface area contributed by atoms with Crippen molar-refractivity contribution < 1.29 is 9.90 Å². The number of carbonyl (C=O) groups is 1. The molecule has 2 rings (SSSR count). The number of halogens is 1. The van der Waals surface area contributed by atoms with E-state index < -0.39 is 5.97 Å². The molecule has 5 heteroatoms.